The Kier molecular flexibility index (Phi) is 8.72. The molecule has 2 amide bonds. The molecule has 3 N–H and O–H groups in total. The Labute approximate surface area is 259 Å². The zero-order chi connectivity index (χ0) is 31.3. The summed E-state index contributed by atoms with van der Waals surface area (Å²) in [6.45, 7) is 3.31. The van der Waals surface area contributed by atoms with Crippen molar-refractivity contribution in [1.29, 1.82) is 5.26 Å². The first-order valence-corrected chi connectivity index (χ1v) is 14.7. The van der Waals surface area contributed by atoms with Crippen molar-refractivity contribution in [3.63, 3.8) is 0 Å². The van der Waals surface area contributed by atoms with E-state index in [0.717, 1.165) is 11.1 Å². The smallest absolute Gasteiger partial charge is 0.308 e. The van der Waals surface area contributed by atoms with Gasteiger partial charge in [-0.2, -0.15) is 10.2 Å². The molecule has 0 spiro atoms. The molecule has 12 nitrogen and oxygen atoms in total. The fourth-order valence-corrected chi connectivity index (χ4v) is 5.77. The van der Waals surface area contributed by atoms with Gasteiger partial charge in [-0.05, 0) is 53.6 Å². The molecule has 4 aromatic rings. The lowest BCUT2D eigenvalue weighted by Gasteiger charge is -2.28. The maximum atomic E-state index is 12.9. The number of nitriles is 1. The third-order valence-electron chi connectivity index (χ3n) is 8.14. The maximum absolute atomic E-state index is 12.9. The molecule has 2 fully saturated rings. The summed E-state index contributed by atoms with van der Waals surface area (Å²) in [7, 11) is 0. The minimum absolute atomic E-state index is 0.0732. The molecule has 1 aromatic heterocycles. The molecule has 6 rings (SSSR count). The van der Waals surface area contributed by atoms with E-state index in [1.165, 1.54) is 0 Å². The fraction of sp³-hybridized carbons (Fsp3) is 0.303. The van der Waals surface area contributed by atoms with Crippen LogP contribution >= 0.6 is 0 Å². The molecule has 2 aliphatic rings. The summed E-state index contributed by atoms with van der Waals surface area (Å²) in [6.07, 6.45) is 0.106. The van der Waals surface area contributed by atoms with E-state index in [0.29, 0.717) is 60.9 Å². The molecular formula is C33H32N6O6. The van der Waals surface area contributed by atoms with Crippen LogP contribution < -0.4 is 10.6 Å². The van der Waals surface area contributed by atoms with E-state index in [-0.39, 0.29) is 43.3 Å². The van der Waals surface area contributed by atoms with E-state index in [1.54, 1.807) is 53.4 Å². The number of morpholine rings is 1. The molecule has 3 aromatic carbocycles. The second kappa shape index (κ2) is 13.2. The van der Waals surface area contributed by atoms with Crippen LogP contribution in [0.3, 0.4) is 0 Å². The predicted octanol–water partition coefficient (Wildman–Crippen LogP) is 3.58. The van der Waals surface area contributed by atoms with Crippen molar-refractivity contribution in [2.75, 3.05) is 56.6 Å². The number of rotatable bonds is 9. The molecule has 2 saturated heterocycles. The number of aliphatic carboxylic acids is 1. The van der Waals surface area contributed by atoms with Gasteiger partial charge in [0, 0.05) is 43.5 Å². The molecular weight excluding hydrogens is 576 g/mol. The van der Waals surface area contributed by atoms with Gasteiger partial charge in [0.2, 0.25) is 11.8 Å². The number of nitrogens with one attached hydrogen (secondary N) is 2. The van der Waals surface area contributed by atoms with Crippen LogP contribution in [0.15, 0.2) is 71.1 Å². The second-order valence-electron chi connectivity index (χ2n) is 11.2. The lowest BCUT2D eigenvalue weighted by atomic mass is 9.89. The third kappa shape index (κ3) is 7.12. The normalized spacial score (nSPS) is 18.4. The largest absolute Gasteiger partial charge is 0.481 e. The molecule has 0 saturated carbocycles. The van der Waals surface area contributed by atoms with Gasteiger partial charge in [-0.1, -0.05) is 24.3 Å². The van der Waals surface area contributed by atoms with Crippen LogP contribution in [0.5, 0.6) is 0 Å². The molecule has 0 radical (unpaired) electrons. The van der Waals surface area contributed by atoms with Gasteiger partial charge < -0.3 is 29.8 Å². The number of aromatic nitrogens is 1. The van der Waals surface area contributed by atoms with E-state index < -0.39 is 11.9 Å². The lowest BCUT2D eigenvalue weighted by molar-refractivity contribution is -0.142. The quantitative estimate of drug-likeness (QED) is 0.256. The topological polar surface area (TPSA) is 161 Å². The second-order valence-corrected chi connectivity index (χ2v) is 11.2. The summed E-state index contributed by atoms with van der Waals surface area (Å²) in [4.78, 5) is 46.0. The Hall–Kier alpha value is -5.25. The highest BCUT2D eigenvalue weighted by molar-refractivity contribution is 5.93. The molecule has 45 heavy (non-hydrogen) atoms. The number of benzene rings is 3. The van der Waals surface area contributed by atoms with Crippen molar-refractivity contribution < 1.29 is 28.6 Å². The summed E-state index contributed by atoms with van der Waals surface area (Å²) < 4.78 is 11.2. The number of anilines is 3. The van der Waals surface area contributed by atoms with Gasteiger partial charge in [0.1, 0.15) is 5.52 Å². The Balaban J connectivity index is 1.06. The predicted molar refractivity (Wildman–Crippen MR) is 165 cm³/mol. The first-order valence-electron chi connectivity index (χ1n) is 14.7. The van der Waals surface area contributed by atoms with E-state index in [2.05, 4.69) is 21.7 Å². The van der Waals surface area contributed by atoms with E-state index in [9.17, 15) is 19.5 Å². The Morgan fingerprint density at radius 3 is 2.56 bits per heavy atom. The number of hydrogen-bond donors (Lipinski definition) is 3. The van der Waals surface area contributed by atoms with Crippen molar-refractivity contribution in [2.45, 2.75) is 12.3 Å². The number of nitrogens with zero attached hydrogens (tertiary/aromatic N) is 4. The van der Waals surface area contributed by atoms with Crippen LogP contribution in [-0.4, -0.2) is 83.6 Å². The summed E-state index contributed by atoms with van der Waals surface area (Å²) in [5, 5.41) is 24.9. The number of hydrogen-bond acceptors (Lipinski definition) is 9. The highest BCUT2D eigenvalue weighted by atomic mass is 16.5. The molecule has 230 valence electrons. The van der Waals surface area contributed by atoms with Crippen molar-refractivity contribution in [3.05, 3.63) is 83.4 Å². The fourth-order valence-electron chi connectivity index (χ4n) is 5.77. The molecule has 0 bridgehead atoms. The summed E-state index contributed by atoms with van der Waals surface area (Å²) in [5.74, 6) is -2.28. The molecule has 2 aliphatic heterocycles. The Morgan fingerprint density at radius 1 is 1.00 bits per heavy atom. The highest BCUT2D eigenvalue weighted by Gasteiger charge is 2.40. The van der Waals surface area contributed by atoms with Gasteiger partial charge in [0.25, 0.3) is 6.01 Å². The lowest BCUT2D eigenvalue weighted by Crippen LogP contribution is -2.44. The Morgan fingerprint density at radius 2 is 1.80 bits per heavy atom. The van der Waals surface area contributed by atoms with Gasteiger partial charge in [-0.25, -0.2) is 0 Å². The number of carbonyl (C=O) groups is 3. The van der Waals surface area contributed by atoms with Gasteiger partial charge in [0.05, 0.1) is 43.7 Å². The number of ether oxygens (including phenoxy) is 1. The molecule has 3 heterocycles. The first-order chi connectivity index (χ1) is 21.8. The number of oxazole rings is 1. The standard InChI is InChI=1S/C33H32N6O6/c34-17-22-2-1-3-25(14-22)36-33-37-28-9-4-21(15-29(28)45-33)16-30(40)35-24-7-5-23(6-8-24)26-18-39(19-27(26)32(42)43)31(41)20-38-10-12-44-13-11-38/h1-9,14-15,26-27H,10-13,16,18-20H2,(H,35,40)(H,36,37)(H,42,43). The van der Waals surface area contributed by atoms with Crippen LogP contribution in [-0.2, 0) is 25.5 Å². The van der Waals surface area contributed by atoms with Crippen molar-refractivity contribution >= 4 is 46.3 Å². The zero-order valence-electron chi connectivity index (χ0n) is 24.4. The van der Waals surface area contributed by atoms with E-state index in [4.69, 9.17) is 14.4 Å². The zero-order valence-corrected chi connectivity index (χ0v) is 24.4. The average molecular weight is 609 g/mol. The summed E-state index contributed by atoms with van der Waals surface area (Å²) in [5.41, 5.74) is 4.46. The van der Waals surface area contributed by atoms with Gasteiger partial charge in [-0.15, -0.1) is 0 Å². The van der Waals surface area contributed by atoms with Crippen LogP contribution in [0, 0.1) is 17.2 Å². The summed E-state index contributed by atoms with van der Waals surface area (Å²) in [6, 6.07) is 21.8. The van der Waals surface area contributed by atoms with Crippen LogP contribution in [0.1, 0.15) is 22.6 Å². The van der Waals surface area contributed by atoms with Crippen LogP contribution in [0.2, 0.25) is 0 Å². The number of likely N-dealkylation sites (tertiary alicyclic amines) is 1. The SMILES string of the molecule is N#Cc1cccc(Nc2nc3ccc(CC(=O)Nc4ccc(C5CN(C(=O)CN6CCOCC6)CC5C(=O)O)cc4)cc3o2)c1. The highest BCUT2D eigenvalue weighted by Crippen LogP contribution is 2.34. The summed E-state index contributed by atoms with van der Waals surface area (Å²) >= 11 is 0. The van der Waals surface area contributed by atoms with Crippen molar-refractivity contribution in [3.8, 4) is 6.07 Å². The van der Waals surface area contributed by atoms with Gasteiger partial charge >= 0.3 is 5.97 Å². The van der Waals surface area contributed by atoms with Crippen molar-refractivity contribution in [1.82, 2.24) is 14.8 Å². The molecule has 0 aliphatic carbocycles. The number of carboxylic acids is 1. The van der Waals surface area contributed by atoms with E-state index >= 15 is 0 Å². The van der Waals surface area contributed by atoms with Crippen LogP contribution in [0.4, 0.5) is 17.4 Å². The van der Waals surface area contributed by atoms with Gasteiger partial charge in [-0.3, -0.25) is 19.3 Å². The molecule has 2 unspecified atom stereocenters. The molecule has 12 heteroatoms. The molecule has 2 atom stereocenters. The number of fused-ring (bicyclic) bond motifs is 1. The van der Waals surface area contributed by atoms with E-state index in [1.807, 2.05) is 23.1 Å². The minimum Gasteiger partial charge on any atom is -0.481 e. The minimum atomic E-state index is -0.932. The number of amides is 2. The Bertz CT molecular complexity index is 1760. The van der Waals surface area contributed by atoms with Crippen LogP contribution in [0.25, 0.3) is 11.1 Å². The monoisotopic (exact) mass is 608 g/mol. The third-order valence-corrected chi connectivity index (χ3v) is 8.14. The number of carboxylic acid groups (broad SMARTS) is 1. The first kappa shape index (κ1) is 29.8. The van der Waals surface area contributed by atoms with Gasteiger partial charge in [0.15, 0.2) is 5.58 Å². The average Bonchev–Trinajstić information content (AvgIpc) is 3.66. The van der Waals surface area contributed by atoms with Crippen molar-refractivity contribution in [2.24, 2.45) is 5.92 Å². The maximum Gasteiger partial charge on any atom is 0.308 e. The number of carbonyl (C=O) groups excluding carboxylic acids is 2.